The minimum atomic E-state index is -0.641. The van der Waals surface area contributed by atoms with Crippen molar-refractivity contribution in [2.45, 2.75) is 20.3 Å². The molecule has 0 radical (unpaired) electrons. The first-order chi connectivity index (χ1) is 8.38. The Hall–Kier alpha value is -1.32. The van der Waals surface area contributed by atoms with Crippen LogP contribution in [0.15, 0.2) is 28.8 Å². The van der Waals surface area contributed by atoms with E-state index in [2.05, 4.69) is 0 Å². The predicted molar refractivity (Wildman–Crippen MR) is 71.0 cm³/mol. The monoisotopic (exact) mass is 286 g/mol. The van der Waals surface area contributed by atoms with Crippen molar-refractivity contribution in [1.82, 2.24) is 0 Å². The molecule has 0 saturated carbocycles. The number of halogens is 2. The van der Waals surface area contributed by atoms with Crippen molar-refractivity contribution in [1.29, 1.82) is 0 Å². The minimum absolute atomic E-state index is 0.181. The number of allylic oxidation sites excluding steroid dienone is 1. The second-order valence-electron chi connectivity index (χ2n) is 3.82. The molecule has 0 saturated heterocycles. The summed E-state index contributed by atoms with van der Waals surface area (Å²) < 4.78 is 4.90. The van der Waals surface area contributed by atoms with Crippen molar-refractivity contribution in [3.63, 3.8) is 0 Å². The van der Waals surface area contributed by atoms with Gasteiger partial charge in [-0.05, 0) is 25.5 Å². The number of ether oxygens (including phenoxy) is 1. The van der Waals surface area contributed by atoms with Crippen LogP contribution in [0.25, 0.3) is 0 Å². The standard InChI is InChI=1S/C13H12Cl2O3/c1-8-3-4-11(9(2)5-8)18-13(17)7-10(16)6-12(14)15/h3-6H,7H2,1-2H3. The van der Waals surface area contributed by atoms with E-state index in [-0.39, 0.29) is 4.49 Å². The van der Waals surface area contributed by atoms with E-state index in [1.807, 2.05) is 26.0 Å². The van der Waals surface area contributed by atoms with Gasteiger partial charge in [0.25, 0.3) is 0 Å². The van der Waals surface area contributed by atoms with Crippen LogP contribution < -0.4 is 4.74 Å². The summed E-state index contributed by atoms with van der Waals surface area (Å²) in [5.74, 6) is -0.693. The Morgan fingerprint density at radius 2 is 1.94 bits per heavy atom. The second kappa shape index (κ2) is 6.57. The molecule has 3 nitrogen and oxygen atoms in total. The van der Waals surface area contributed by atoms with Gasteiger partial charge in [0.2, 0.25) is 0 Å². The van der Waals surface area contributed by atoms with E-state index in [4.69, 9.17) is 27.9 Å². The van der Waals surface area contributed by atoms with Gasteiger partial charge in [-0.1, -0.05) is 40.9 Å². The van der Waals surface area contributed by atoms with Crippen LogP contribution in [0.4, 0.5) is 0 Å². The van der Waals surface area contributed by atoms with Crippen LogP contribution >= 0.6 is 23.2 Å². The van der Waals surface area contributed by atoms with E-state index in [0.717, 1.165) is 17.2 Å². The highest BCUT2D eigenvalue weighted by Crippen LogP contribution is 2.19. The lowest BCUT2D eigenvalue weighted by atomic mass is 10.1. The minimum Gasteiger partial charge on any atom is -0.426 e. The third-order valence-electron chi connectivity index (χ3n) is 2.14. The van der Waals surface area contributed by atoms with Crippen LogP contribution in [0.3, 0.4) is 0 Å². The smallest absolute Gasteiger partial charge is 0.319 e. The fourth-order valence-electron chi connectivity index (χ4n) is 1.39. The number of hydrogen-bond acceptors (Lipinski definition) is 3. The van der Waals surface area contributed by atoms with Crippen molar-refractivity contribution in [2.75, 3.05) is 0 Å². The molecule has 18 heavy (non-hydrogen) atoms. The molecule has 0 N–H and O–H groups in total. The molecule has 0 aromatic heterocycles. The van der Waals surface area contributed by atoms with Gasteiger partial charge in [0.05, 0.1) is 0 Å². The summed E-state index contributed by atoms with van der Waals surface area (Å²) in [5.41, 5.74) is 1.90. The molecular formula is C13H12Cl2O3. The molecule has 0 aliphatic heterocycles. The first-order valence-electron chi connectivity index (χ1n) is 5.22. The highest BCUT2D eigenvalue weighted by atomic mass is 35.5. The highest BCUT2D eigenvalue weighted by Gasteiger charge is 2.11. The van der Waals surface area contributed by atoms with E-state index < -0.39 is 18.2 Å². The van der Waals surface area contributed by atoms with Gasteiger partial charge in [0.1, 0.15) is 16.7 Å². The van der Waals surface area contributed by atoms with Crippen molar-refractivity contribution < 1.29 is 14.3 Å². The van der Waals surface area contributed by atoms with Crippen molar-refractivity contribution in [3.05, 3.63) is 39.9 Å². The first kappa shape index (κ1) is 14.7. The number of aryl methyl sites for hydroxylation is 2. The number of rotatable bonds is 4. The molecular weight excluding hydrogens is 275 g/mol. The maximum atomic E-state index is 11.5. The zero-order valence-corrected chi connectivity index (χ0v) is 11.5. The van der Waals surface area contributed by atoms with Crippen LogP contribution in [0.5, 0.6) is 5.75 Å². The molecule has 0 heterocycles. The number of benzene rings is 1. The van der Waals surface area contributed by atoms with E-state index in [0.29, 0.717) is 5.75 Å². The van der Waals surface area contributed by atoms with Crippen LogP contribution in [-0.4, -0.2) is 11.8 Å². The number of ketones is 1. The molecule has 96 valence electrons. The zero-order valence-electron chi connectivity index (χ0n) is 10.00. The van der Waals surface area contributed by atoms with Gasteiger partial charge in [0, 0.05) is 6.08 Å². The van der Waals surface area contributed by atoms with Gasteiger partial charge in [-0.3, -0.25) is 9.59 Å². The largest absolute Gasteiger partial charge is 0.426 e. The molecule has 0 unspecified atom stereocenters. The molecule has 1 rings (SSSR count). The fraction of sp³-hybridized carbons (Fsp3) is 0.231. The zero-order chi connectivity index (χ0) is 13.7. The third-order valence-corrected chi connectivity index (χ3v) is 2.36. The molecule has 1 aromatic rings. The van der Waals surface area contributed by atoms with Gasteiger partial charge in [0.15, 0.2) is 5.78 Å². The van der Waals surface area contributed by atoms with Gasteiger partial charge >= 0.3 is 5.97 Å². The van der Waals surface area contributed by atoms with Gasteiger partial charge in [-0.25, -0.2) is 0 Å². The average Bonchev–Trinajstić information content (AvgIpc) is 2.20. The van der Waals surface area contributed by atoms with Gasteiger partial charge in [-0.15, -0.1) is 0 Å². The Balaban J connectivity index is 2.65. The Morgan fingerprint density at radius 1 is 1.28 bits per heavy atom. The normalized spacial score (nSPS) is 9.78. The Bertz CT molecular complexity index is 503. The molecule has 0 spiro atoms. The summed E-state index contributed by atoms with van der Waals surface area (Å²) in [6, 6.07) is 5.41. The maximum Gasteiger partial charge on any atom is 0.319 e. The number of carbonyl (C=O) groups excluding carboxylic acids is 2. The summed E-state index contributed by atoms with van der Waals surface area (Å²) in [4.78, 5) is 22.7. The molecule has 0 aliphatic rings. The van der Waals surface area contributed by atoms with Crippen molar-refractivity contribution in [3.8, 4) is 5.75 Å². The Morgan fingerprint density at radius 3 is 2.50 bits per heavy atom. The number of carbonyl (C=O) groups is 2. The van der Waals surface area contributed by atoms with E-state index in [9.17, 15) is 9.59 Å². The molecule has 0 atom stereocenters. The maximum absolute atomic E-state index is 11.5. The van der Waals surface area contributed by atoms with Crippen molar-refractivity contribution in [2.24, 2.45) is 0 Å². The lowest BCUT2D eigenvalue weighted by molar-refractivity contribution is -0.137. The van der Waals surface area contributed by atoms with Crippen LogP contribution in [0.1, 0.15) is 17.5 Å². The summed E-state index contributed by atoms with van der Waals surface area (Å²) >= 11 is 10.6. The number of esters is 1. The lowest BCUT2D eigenvalue weighted by Crippen LogP contribution is -2.13. The van der Waals surface area contributed by atoms with Crippen LogP contribution in [-0.2, 0) is 9.59 Å². The summed E-state index contributed by atoms with van der Waals surface area (Å²) in [7, 11) is 0. The van der Waals surface area contributed by atoms with Crippen LogP contribution in [0, 0.1) is 13.8 Å². The SMILES string of the molecule is Cc1ccc(OC(=O)CC(=O)C=C(Cl)Cl)c(C)c1. The van der Waals surface area contributed by atoms with E-state index >= 15 is 0 Å². The average molecular weight is 287 g/mol. The Kier molecular flexibility index (Phi) is 5.38. The van der Waals surface area contributed by atoms with Crippen LogP contribution in [0.2, 0.25) is 0 Å². The van der Waals surface area contributed by atoms with Crippen molar-refractivity contribution >= 4 is 35.0 Å². The summed E-state index contributed by atoms with van der Waals surface area (Å²) in [6.45, 7) is 3.77. The first-order valence-corrected chi connectivity index (χ1v) is 5.97. The molecule has 1 aromatic carbocycles. The summed E-state index contributed by atoms with van der Waals surface area (Å²) in [5, 5.41) is 0. The van der Waals surface area contributed by atoms with E-state index in [1.165, 1.54) is 0 Å². The molecule has 5 heteroatoms. The number of hydrogen-bond donors (Lipinski definition) is 0. The second-order valence-corrected chi connectivity index (χ2v) is 4.83. The predicted octanol–water partition coefficient (Wildman–Crippen LogP) is 3.49. The van der Waals surface area contributed by atoms with Gasteiger partial charge < -0.3 is 4.74 Å². The highest BCUT2D eigenvalue weighted by molar-refractivity contribution is 6.56. The fourth-order valence-corrected chi connectivity index (χ4v) is 1.63. The summed E-state index contributed by atoms with van der Waals surface area (Å²) in [6.07, 6.45) is 0.586. The Labute approximate surface area is 115 Å². The molecule has 0 aliphatic carbocycles. The van der Waals surface area contributed by atoms with Gasteiger partial charge in [-0.2, -0.15) is 0 Å². The molecule has 0 amide bonds. The lowest BCUT2D eigenvalue weighted by Gasteiger charge is -2.07. The third kappa shape index (κ3) is 4.90. The molecule has 0 bridgehead atoms. The quantitative estimate of drug-likeness (QED) is 0.368. The topological polar surface area (TPSA) is 43.4 Å². The molecule has 0 fully saturated rings. The van der Waals surface area contributed by atoms with E-state index in [1.54, 1.807) is 6.07 Å².